The molecule has 0 aliphatic heterocycles. The maximum Gasteiger partial charge on any atom is 0.0726 e. The third-order valence-corrected chi connectivity index (χ3v) is 16.4. The van der Waals surface area contributed by atoms with Crippen LogP contribution in [0, 0.1) is 0 Å². The van der Waals surface area contributed by atoms with E-state index in [1.165, 1.54) is 111 Å². The number of nitrogens with zero attached hydrogens (tertiary/aromatic N) is 1. The van der Waals surface area contributed by atoms with E-state index in [4.69, 9.17) is 0 Å². The molecule has 0 saturated heterocycles. The van der Waals surface area contributed by atoms with Crippen LogP contribution in [-0.4, -0.2) is 0 Å². The molecule has 0 N–H and O–H groups in total. The molecule has 1 nitrogen and oxygen atoms in total. The molecule has 0 heterocycles. The van der Waals surface area contributed by atoms with Crippen LogP contribution in [0.4, 0.5) is 17.1 Å². The van der Waals surface area contributed by atoms with Gasteiger partial charge in [0.25, 0.3) is 0 Å². The van der Waals surface area contributed by atoms with E-state index in [2.05, 4.69) is 290 Å². The smallest absolute Gasteiger partial charge is 0.0726 e. The topological polar surface area (TPSA) is 3.24 Å². The SMILES string of the molecule is c1ccc(N(c2ccc(-c3ccc4ccccc4c3-c3ccc4c(c3)C(c3ccccc3)(c3ccccc3)c3ccccc3-4)cc2)c2ccc3c(c2)C2(c4ccccc4-c4ccccc42)c2ccccc2-3)cc1. The van der Waals surface area contributed by atoms with Crippen LogP contribution < -0.4 is 4.90 Å². The molecule has 3 aliphatic rings. The summed E-state index contributed by atoms with van der Waals surface area (Å²) < 4.78 is 0. The lowest BCUT2D eigenvalue weighted by Crippen LogP contribution is -2.28. The Balaban J connectivity index is 0.897. The fraction of sp³-hybridized carbons (Fsp3) is 0.0278. The van der Waals surface area contributed by atoms with E-state index in [1.807, 2.05) is 0 Å². The first-order valence-electron chi connectivity index (χ1n) is 25.5. The fourth-order valence-electron chi connectivity index (χ4n) is 13.5. The normalized spacial score (nSPS) is 13.7. The molecule has 3 aliphatic carbocycles. The summed E-state index contributed by atoms with van der Waals surface area (Å²) in [5.74, 6) is 0. The molecule has 0 saturated carbocycles. The van der Waals surface area contributed by atoms with Gasteiger partial charge in [-0.3, -0.25) is 0 Å². The van der Waals surface area contributed by atoms with Gasteiger partial charge in [0.15, 0.2) is 0 Å². The van der Waals surface area contributed by atoms with Crippen LogP contribution in [0.15, 0.2) is 285 Å². The van der Waals surface area contributed by atoms with Crippen LogP contribution >= 0.6 is 0 Å². The summed E-state index contributed by atoms with van der Waals surface area (Å²) in [5.41, 5.74) is 25.5. The molecular weight excluding hydrogens is 879 g/mol. The van der Waals surface area contributed by atoms with Gasteiger partial charge in [-0.25, -0.2) is 0 Å². The highest BCUT2D eigenvalue weighted by molar-refractivity contribution is 6.05. The lowest BCUT2D eigenvalue weighted by molar-refractivity contribution is 0.769. The highest BCUT2D eigenvalue weighted by Crippen LogP contribution is 2.64. The Morgan fingerprint density at radius 2 is 0.630 bits per heavy atom. The van der Waals surface area contributed by atoms with Crippen LogP contribution in [0.3, 0.4) is 0 Å². The van der Waals surface area contributed by atoms with Gasteiger partial charge in [-0.2, -0.15) is 0 Å². The Morgan fingerprint density at radius 1 is 0.233 bits per heavy atom. The zero-order valence-electron chi connectivity index (χ0n) is 40.1. The minimum atomic E-state index is -0.498. The van der Waals surface area contributed by atoms with Crippen molar-refractivity contribution in [2.75, 3.05) is 4.90 Å². The van der Waals surface area contributed by atoms with Crippen molar-refractivity contribution in [2.45, 2.75) is 10.8 Å². The Kier molecular flexibility index (Phi) is 9.16. The van der Waals surface area contributed by atoms with Gasteiger partial charge in [0.1, 0.15) is 0 Å². The van der Waals surface area contributed by atoms with Gasteiger partial charge in [0, 0.05) is 17.1 Å². The molecule has 0 atom stereocenters. The predicted octanol–water partition coefficient (Wildman–Crippen LogP) is 18.4. The molecule has 0 aromatic heterocycles. The molecular formula is C72H47N. The molecule has 1 spiro atoms. The molecule has 1 heteroatoms. The lowest BCUT2D eigenvalue weighted by Gasteiger charge is -2.34. The fourth-order valence-corrected chi connectivity index (χ4v) is 13.5. The van der Waals surface area contributed by atoms with Gasteiger partial charge >= 0.3 is 0 Å². The Morgan fingerprint density at radius 3 is 1.21 bits per heavy atom. The molecule has 340 valence electrons. The largest absolute Gasteiger partial charge is 0.310 e. The first-order valence-corrected chi connectivity index (χ1v) is 25.5. The Labute approximate surface area is 426 Å². The van der Waals surface area contributed by atoms with Crippen LogP contribution in [0.25, 0.3) is 66.4 Å². The predicted molar refractivity (Wildman–Crippen MR) is 303 cm³/mol. The van der Waals surface area contributed by atoms with Crippen LogP contribution in [-0.2, 0) is 10.8 Å². The van der Waals surface area contributed by atoms with Crippen molar-refractivity contribution in [3.8, 4) is 55.6 Å². The molecule has 12 aromatic carbocycles. The minimum Gasteiger partial charge on any atom is -0.310 e. The van der Waals surface area contributed by atoms with Gasteiger partial charge in [-0.1, -0.05) is 243 Å². The standard InChI is InChI=1S/C72H47N/c1-4-21-51(22-5-1)71(52-23-6-2-7-24-52)64-32-16-12-30-60(64)62-44-39-50(46-68(62)71)70-56-27-11-10-20-48(56)38-43-57(70)49-36-40-54(41-37-49)73(53-25-8-3-9-26-53)55-42-45-63-61-31-15-19-35-67(61)72(69(63)47-55)65-33-17-13-28-58(65)59-29-14-18-34-66(59)72/h1-47H. The zero-order chi connectivity index (χ0) is 48.1. The number of hydrogen-bond acceptors (Lipinski definition) is 1. The van der Waals surface area contributed by atoms with Gasteiger partial charge < -0.3 is 4.90 Å². The summed E-state index contributed by atoms with van der Waals surface area (Å²) in [7, 11) is 0. The van der Waals surface area contributed by atoms with Gasteiger partial charge in [0.05, 0.1) is 10.8 Å². The van der Waals surface area contributed by atoms with E-state index >= 15 is 0 Å². The van der Waals surface area contributed by atoms with E-state index in [0.29, 0.717) is 0 Å². The summed E-state index contributed by atoms with van der Waals surface area (Å²) in [6, 6.07) is 106. The molecule has 0 fully saturated rings. The average molecular weight is 926 g/mol. The van der Waals surface area contributed by atoms with E-state index in [-0.39, 0.29) is 0 Å². The molecule has 0 unspecified atom stereocenters. The average Bonchev–Trinajstić information content (AvgIpc) is 4.06. The second kappa shape index (κ2) is 16.1. The molecule has 0 bridgehead atoms. The number of anilines is 3. The minimum absolute atomic E-state index is 0.435. The molecule has 12 aromatic rings. The van der Waals surface area contributed by atoms with E-state index in [1.54, 1.807) is 0 Å². The highest BCUT2D eigenvalue weighted by Gasteiger charge is 2.52. The molecule has 0 amide bonds. The maximum atomic E-state index is 2.51. The zero-order valence-corrected chi connectivity index (χ0v) is 40.1. The molecule has 0 radical (unpaired) electrons. The van der Waals surface area contributed by atoms with E-state index < -0.39 is 10.8 Å². The van der Waals surface area contributed by atoms with Crippen molar-refractivity contribution in [3.63, 3.8) is 0 Å². The summed E-state index contributed by atoms with van der Waals surface area (Å²) in [5, 5.41) is 2.46. The van der Waals surface area contributed by atoms with Crippen molar-refractivity contribution in [1.29, 1.82) is 0 Å². The molecule has 73 heavy (non-hydrogen) atoms. The first-order chi connectivity index (χ1) is 36.2. The monoisotopic (exact) mass is 925 g/mol. The summed E-state index contributed by atoms with van der Waals surface area (Å²) in [6.45, 7) is 0. The van der Waals surface area contributed by atoms with Gasteiger partial charge in [-0.05, 0) is 153 Å². The third kappa shape index (κ3) is 5.85. The number of benzene rings is 12. The van der Waals surface area contributed by atoms with Crippen LogP contribution in [0.5, 0.6) is 0 Å². The van der Waals surface area contributed by atoms with Crippen molar-refractivity contribution in [2.24, 2.45) is 0 Å². The Hall–Kier alpha value is -9.30. The second-order valence-corrected chi connectivity index (χ2v) is 19.8. The van der Waals surface area contributed by atoms with Crippen molar-refractivity contribution in [3.05, 3.63) is 330 Å². The third-order valence-electron chi connectivity index (χ3n) is 16.4. The summed E-state index contributed by atoms with van der Waals surface area (Å²) >= 11 is 0. The van der Waals surface area contributed by atoms with E-state index in [9.17, 15) is 0 Å². The van der Waals surface area contributed by atoms with Crippen LogP contribution in [0.1, 0.15) is 44.5 Å². The summed E-state index contributed by atoms with van der Waals surface area (Å²) in [4.78, 5) is 2.43. The number of fused-ring (bicyclic) bond motifs is 14. The van der Waals surface area contributed by atoms with E-state index in [0.717, 1.165) is 17.1 Å². The number of hydrogen-bond donors (Lipinski definition) is 0. The molecule has 15 rings (SSSR count). The highest BCUT2D eigenvalue weighted by atomic mass is 15.1. The van der Waals surface area contributed by atoms with Crippen molar-refractivity contribution < 1.29 is 0 Å². The Bertz CT molecular complexity index is 4030. The maximum absolute atomic E-state index is 2.51. The number of para-hydroxylation sites is 1. The quantitative estimate of drug-likeness (QED) is 0.154. The van der Waals surface area contributed by atoms with Gasteiger partial charge in [0.2, 0.25) is 0 Å². The van der Waals surface area contributed by atoms with Crippen molar-refractivity contribution >= 4 is 27.8 Å². The first kappa shape index (κ1) is 41.5. The second-order valence-electron chi connectivity index (χ2n) is 19.8. The van der Waals surface area contributed by atoms with Crippen molar-refractivity contribution in [1.82, 2.24) is 0 Å². The van der Waals surface area contributed by atoms with Crippen LogP contribution in [0.2, 0.25) is 0 Å². The summed E-state index contributed by atoms with van der Waals surface area (Å²) in [6.07, 6.45) is 0. The van der Waals surface area contributed by atoms with Gasteiger partial charge in [-0.15, -0.1) is 0 Å². The lowest BCUT2D eigenvalue weighted by atomic mass is 9.67. The number of rotatable bonds is 7.